The largest absolute Gasteiger partial charge is 0.492 e. The van der Waals surface area contributed by atoms with Crippen molar-refractivity contribution >= 4 is 5.78 Å². The first-order valence-corrected chi connectivity index (χ1v) is 12.3. The van der Waals surface area contributed by atoms with Gasteiger partial charge in [0.15, 0.2) is 5.78 Å². The molecule has 0 amide bonds. The maximum atomic E-state index is 13.7. The minimum atomic E-state index is -0.0480. The quantitative estimate of drug-likeness (QED) is 0.486. The number of para-hydroxylation sites is 2. The van der Waals surface area contributed by atoms with Crippen LogP contribution < -0.4 is 9.47 Å². The van der Waals surface area contributed by atoms with Gasteiger partial charge in [-0.25, -0.2) is 0 Å². The molecule has 4 nitrogen and oxygen atoms in total. The molecule has 4 saturated carbocycles. The summed E-state index contributed by atoms with van der Waals surface area (Å²) in [6.07, 6.45) is 7.50. The number of benzene rings is 2. The lowest BCUT2D eigenvalue weighted by atomic mass is 9.48. The Balaban J connectivity index is 1.19. The van der Waals surface area contributed by atoms with Gasteiger partial charge in [-0.1, -0.05) is 36.4 Å². The zero-order chi connectivity index (χ0) is 21.8. The van der Waals surface area contributed by atoms with Crippen LogP contribution in [0.25, 0.3) is 0 Å². The monoisotopic (exact) mass is 433 g/mol. The highest BCUT2D eigenvalue weighted by atomic mass is 16.5. The van der Waals surface area contributed by atoms with E-state index in [-0.39, 0.29) is 5.41 Å². The van der Waals surface area contributed by atoms with E-state index in [1.807, 2.05) is 60.7 Å². The van der Waals surface area contributed by atoms with Crippen molar-refractivity contribution in [2.75, 3.05) is 32.8 Å². The van der Waals surface area contributed by atoms with Crippen molar-refractivity contribution in [3.05, 3.63) is 60.7 Å². The average Bonchev–Trinajstić information content (AvgIpc) is 2.79. The number of ketones is 1. The van der Waals surface area contributed by atoms with Gasteiger partial charge in [-0.15, -0.1) is 0 Å². The number of ether oxygens (including phenoxy) is 2. The number of nitrogens with zero attached hydrogens (tertiary/aromatic N) is 1. The van der Waals surface area contributed by atoms with E-state index in [0.29, 0.717) is 25.5 Å². The summed E-state index contributed by atoms with van der Waals surface area (Å²) >= 11 is 0. The van der Waals surface area contributed by atoms with Gasteiger partial charge in [0.1, 0.15) is 24.7 Å². The van der Waals surface area contributed by atoms with E-state index >= 15 is 0 Å². The molecule has 4 aliphatic carbocycles. The topological polar surface area (TPSA) is 38.8 Å². The molecule has 170 valence electrons. The molecule has 0 radical (unpaired) electrons. The van der Waals surface area contributed by atoms with Crippen LogP contribution in [0.5, 0.6) is 11.5 Å². The second-order valence-electron chi connectivity index (χ2n) is 10.2. The minimum Gasteiger partial charge on any atom is -0.492 e. The van der Waals surface area contributed by atoms with Crippen LogP contribution in [0.1, 0.15) is 38.5 Å². The molecule has 2 aromatic carbocycles. The molecule has 0 aromatic heterocycles. The molecule has 0 aliphatic heterocycles. The predicted molar refractivity (Wildman–Crippen MR) is 126 cm³/mol. The van der Waals surface area contributed by atoms with E-state index < -0.39 is 0 Å². The molecule has 4 fully saturated rings. The lowest BCUT2D eigenvalue weighted by Gasteiger charge is -2.56. The molecule has 32 heavy (non-hydrogen) atoms. The first-order chi connectivity index (χ1) is 15.7. The summed E-state index contributed by atoms with van der Waals surface area (Å²) in [5.74, 6) is 4.60. The Kier molecular flexibility index (Phi) is 6.49. The average molecular weight is 434 g/mol. The van der Waals surface area contributed by atoms with E-state index in [2.05, 4.69) is 4.90 Å². The fourth-order valence-electron chi connectivity index (χ4n) is 6.71. The Labute approximate surface area is 191 Å². The van der Waals surface area contributed by atoms with Crippen LogP contribution in [0.2, 0.25) is 0 Å². The Hall–Kier alpha value is -2.33. The van der Waals surface area contributed by atoms with E-state index in [9.17, 15) is 4.79 Å². The summed E-state index contributed by atoms with van der Waals surface area (Å²) in [6.45, 7) is 3.12. The maximum absolute atomic E-state index is 13.7. The molecule has 2 aromatic rings. The van der Waals surface area contributed by atoms with Crippen LogP contribution in [-0.4, -0.2) is 43.5 Å². The number of carbonyl (C=O) groups excluding carboxylic acids is 1. The van der Waals surface area contributed by atoms with Crippen LogP contribution in [-0.2, 0) is 4.79 Å². The fraction of sp³-hybridized carbons (Fsp3) is 0.536. The first kappa shape index (κ1) is 21.5. The van der Waals surface area contributed by atoms with Gasteiger partial charge in [0.25, 0.3) is 0 Å². The van der Waals surface area contributed by atoms with E-state index in [0.717, 1.165) is 61.6 Å². The fourth-order valence-corrected chi connectivity index (χ4v) is 6.71. The molecular weight excluding hydrogens is 398 g/mol. The third-order valence-electron chi connectivity index (χ3n) is 7.84. The van der Waals surface area contributed by atoms with Crippen LogP contribution in [0.4, 0.5) is 0 Å². The van der Waals surface area contributed by atoms with Crippen molar-refractivity contribution in [1.82, 2.24) is 4.90 Å². The lowest BCUT2D eigenvalue weighted by molar-refractivity contribution is -0.145. The Morgan fingerprint density at radius 1 is 0.750 bits per heavy atom. The third-order valence-corrected chi connectivity index (χ3v) is 7.84. The van der Waals surface area contributed by atoms with Crippen molar-refractivity contribution in [3.63, 3.8) is 0 Å². The van der Waals surface area contributed by atoms with E-state index in [1.165, 1.54) is 19.3 Å². The third kappa shape index (κ3) is 5.01. The summed E-state index contributed by atoms with van der Waals surface area (Å²) in [5.41, 5.74) is -0.0480. The maximum Gasteiger partial charge on any atom is 0.152 e. The normalized spacial score (nSPS) is 28.1. The van der Waals surface area contributed by atoms with Crippen molar-refractivity contribution in [1.29, 1.82) is 0 Å². The number of Topliss-reactive ketones (excluding diaryl/α,β-unsaturated/α-hetero) is 1. The zero-order valence-electron chi connectivity index (χ0n) is 19.0. The van der Waals surface area contributed by atoms with Gasteiger partial charge in [0.05, 0.1) is 6.54 Å². The highest BCUT2D eigenvalue weighted by Gasteiger charge is 2.54. The highest BCUT2D eigenvalue weighted by Crippen LogP contribution is 2.60. The standard InChI is InChI=1S/C28H35NO3/c30-27(28-18-22-15-23(19-28)17-24(16-22)20-28)21-29(11-13-31-25-7-3-1-4-8-25)12-14-32-26-9-5-2-6-10-26/h1-10,22-24H,11-21H2. The van der Waals surface area contributed by atoms with Crippen molar-refractivity contribution in [3.8, 4) is 11.5 Å². The van der Waals surface area contributed by atoms with Gasteiger partial charge in [-0.3, -0.25) is 9.69 Å². The SMILES string of the molecule is O=C(CN(CCOc1ccccc1)CCOc1ccccc1)C12CC3CC(CC(C3)C1)C2. The van der Waals surface area contributed by atoms with Crippen molar-refractivity contribution < 1.29 is 14.3 Å². The predicted octanol–water partition coefficient (Wildman–Crippen LogP) is 5.23. The number of hydrogen-bond acceptors (Lipinski definition) is 4. The summed E-state index contributed by atoms with van der Waals surface area (Å²) < 4.78 is 11.9. The summed E-state index contributed by atoms with van der Waals surface area (Å²) in [6, 6.07) is 19.8. The van der Waals surface area contributed by atoms with Gasteiger partial charge in [0.2, 0.25) is 0 Å². The smallest absolute Gasteiger partial charge is 0.152 e. The number of carbonyl (C=O) groups is 1. The molecule has 0 atom stereocenters. The van der Waals surface area contributed by atoms with E-state index in [4.69, 9.17) is 9.47 Å². The molecule has 6 rings (SSSR count). The number of rotatable bonds is 11. The second-order valence-corrected chi connectivity index (χ2v) is 10.2. The molecule has 0 N–H and O–H groups in total. The van der Waals surface area contributed by atoms with Gasteiger partial charge in [0, 0.05) is 18.5 Å². The first-order valence-electron chi connectivity index (χ1n) is 12.3. The van der Waals surface area contributed by atoms with Gasteiger partial charge in [-0.05, 0) is 80.5 Å². The molecule has 0 unspecified atom stereocenters. The van der Waals surface area contributed by atoms with Crippen LogP contribution >= 0.6 is 0 Å². The van der Waals surface area contributed by atoms with Gasteiger partial charge in [-0.2, -0.15) is 0 Å². The highest BCUT2D eigenvalue weighted by molar-refractivity contribution is 5.87. The molecule has 0 spiro atoms. The van der Waals surface area contributed by atoms with E-state index in [1.54, 1.807) is 0 Å². The second kappa shape index (κ2) is 9.66. The summed E-state index contributed by atoms with van der Waals surface area (Å²) in [5, 5.41) is 0. The number of hydrogen-bond donors (Lipinski definition) is 0. The Morgan fingerprint density at radius 2 is 1.19 bits per heavy atom. The van der Waals surface area contributed by atoms with Crippen LogP contribution in [0, 0.1) is 23.2 Å². The van der Waals surface area contributed by atoms with Crippen molar-refractivity contribution in [2.24, 2.45) is 23.2 Å². The Bertz CT molecular complexity index is 801. The molecule has 4 bridgehead atoms. The molecule has 0 heterocycles. The summed E-state index contributed by atoms with van der Waals surface area (Å²) in [4.78, 5) is 15.9. The lowest BCUT2D eigenvalue weighted by Crippen LogP contribution is -2.53. The minimum absolute atomic E-state index is 0.0480. The van der Waals surface area contributed by atoms with Crippen molar-refractivity contribution in [2.45, 2.75) is 38.5 Å². The summed E-state index contributed by atoms with van der Waals surface area (Å²) in [7, 11) is 0. The zero-order valence-corrected chi connectivity index (χ0v) is 19.0. The van der Waals surface area contributed by atoms with Crippen LogP contribution in [0.3, 0.4) is 0 Å². The molecule has 4 heteroatoms. The Morgan fingerprint density at radius 3 is 1.62 bits per heavy atom. The molecule has 4 aliphatic rings. The molecule has 0 saturated heterocycles. The van der Waals surface area contributed by atoms with Gasteiger partial charge >= 0.3 is 0 Å². The van der Waals surface area contributed by atoms with Gasteiger partial charge < -0.3 is 9.47 Å². The van der Waals surface area contributed by atoms with Crippen LogP contribution in [0.15, 0.2) is 60.7 Å². The molecular formula is C28H35NO3.